The van der Waals surface area contributed by atoms with Crippen molar-refractivity contribution in [2.45, 2.75) is 19.3 Å². The van der Waals surface area contributed by atoms with E-state index in [1.165, 1.54) is 109 Å². The van der Waals surface area contributed by atoms with E-state index in [4.69, 9.17) is 0 Å². The summed E-state index contributed by atoms with van der Waals surface area (Å²) in [5.41, 5.74) is 17.3. The molecule has 12 aromatic carbocycles. The summed E-state index contributed by atoms with van der Waals surface area (Å²) in [6, 6.07) is 90.0. The molecule has 0 aliphatic heterocycles. The molecule has 0 bridgehead atoms. The van der Waals surface area contributed by atoms with Crippen LogP contribution in [0.2, 0.25) is 0 Å². The Labute approximate surface area is 401 Å². The Kier molecular flexibility index (Phi) is 8.66. The Morgan fingerprint density at radius 2 is 0.725 bits per heavy atom. The fraction of sp³-hybridized carbons (Fsp3) is 0.0448. The maximum atomic E-state index is 2.48. The van der Waals surface area contributed by atoms with Crippen molar-refractivity contribution in [3.8, 4) is 39.1 Å². The highest BCUT2D eigenvalue weighted by Crippen LogP contribution is 2.54. The van der Waals surface area contributed by atoms with E-state index in [9.17, 15) is 0 Å². The molecule has 324 valence electrons. The summed E-state index contributed by atoms with van der Waals surface area (Å²) < 4.78 is 2.39. The molecule has 0 saturated heterocycles. The van der Waals surface area contributed by atoms with Gasteiger partial charge in [-0.1, -0.05) is 202 Å². The van der Waals surface area contributed by atoms with E-state index < -0.39 is 0 Å². The summed E-state index contributed by atoms with van der Waals surface area (Å²) >= 11 is 0. The fourth-order valence-electron chi connectivity index (χ4n) is 12.1. The van der Waals surface area contributed by atoms with Crippen molar-refractivity contribution >= 4 is 82.0 Å². The minimum Gasteiger partial charge on any atom is -0.309 e. The molecule has 2 nitrogen and oxygen atoms in total. The molecule has 1 aliphatic carbocycles. The van der Waals surface area contributed by atoms with Crippen LogP contribution in [0.15, 0.2) is 243 Å². The lowest BCUT2D eigenvalue weighted by Crippen LogP contribution is -2.14. The lowest BCUT2D eigenvalue weighted by atomic mass is 9.80. The van der Waals surface area contributed by atoms with Crippen LogP contribution in [0.3, 0.4) is 0 Å². The zero-order chi connectivity index (χ0) is 45.8. The SMILES string of the molecule is CC1(C)c2ccccc2-c2ccc(-c3c4ccccc4c(-c4c5ccccc5c(N(c5ccccc5)c5ccc(-n6c7ccccc7c7ccccc76)cc5)c5ccccc45)c4ccccc34)cc21. The minimum atomic E-state index is -0.102. The first-order valence-electron chi connectivity index (χ1n) is 24.1. The third kappa shape index (κ3) is 5.79. The number of nitrogens with zero attached hydrogens (tertiary/aromatic N) is 2. The highest BCUT2D eigenvalue weighted by Gasteiger charge is 2.35. The van der Waals surface area contributed by atoms with E-state index in [-0.39, 0.29) is 5.41 Å². The summed E-state index contributed by atoms with van der Waals surface area (Å²) in [6.45, 7) is 4.75. The standard InChI is InChI=1S/C67H46N2/c1-67(2)59-33-17-14-22-47(59)48-41-36-43(42-60(48)67)63-51-25-6-8-27-53(51)64(54-28-9-7-26-52(54)63)65-55-29-10-12-31-57(55)66(58-32-13-11-30-56(58)65)68(44-20-4-3-5-21-44)45-37-39-46(40-38-45)69-61-34-18-15-23-49(61)50-24-16-19-35-62(50)69/h3-42H,1-2H3. The van der Waals surface area contributed by atoms with Gasteiger partial charge in [-0.15, -0.1) is 0 Å². The van der Waals surface area contributed by atoms with Crippen LogP contribution in [-0.2, 0) is 5.41 Å². The van der Waals surface area contributed by atoms with Gasteiger partial charge in [0.05, 0.1) is 16.7 Å². The number of fused-ring (bicyclic) bond motifs is 10. The van der Waals surface area contributed by atoms with Gasteiger partial charge in [0.25, 0.3) is 0 Å². The maximum Gasteiger partial charge on any atom is 0.0618 e. The average molecular weight is 879 g/mol. The van der Waals surface area contributed by atoms with Gasteiger partial charge in [-0.05, 0) is 131 Å². The van der Waals surface area contributed by atoms with Crippen molar-refractivity contribution in [2.75, 3.05) is 4.90 Å². The topological polar surface area (TPSA) is 8.17 Å². The van der Waals surface area contributed by atoms with Crippen LogP contribution in [0.1, 0.15) is 25.0 Å². The number of anilines is 3. The van der Waals surface area contributed by atoms with E-state index in [2.05, 4.69) is 266 Å². The Morgan fingerprint density at radius 1 is 0.319 bits per heavy atom. The molecule has 0 fully saturated rings. The predicted octanol–water partition coefficient (Wildman–Crippen LogP) is 18.5. The van der Waals surface area contributed by atoms with Crippen LogP contribution in [0.5, 0.6) is 0 Å². The number of benzene rings is 12. The zero-order valence-corrected chi connectivity index (χ0v) is 38.5. The van der Waals surface area contributed by atoms with E-state index in [0.29, 0.717) is 0 Å². The quantitative estimate of drug-likeness (QED) is 0.151. The molecule has 1 heterocycles. The van der Waals surface area contributed by atoms with Crippen LogP contribution >= 0.6 is 0 Å². The summed E-state index contributed by atoms with van der Waals surface area (Å²) in [7, 11) is 0. The molecule has 1 aromatic heterocycles. The first-order chi connectivity index (χ1) is 34.0. The van der Waals surface area contributed by atoms with E-state index >= 15 is 0 Å². The number of para-hydroxylation sites is 3. The van der Waals surface area contributed by atoms with Gasteiger partial charge in [0, 0.05) is 44.0 Å². The Hall–Kier alpha value is -8.72. The monoisotopic (exact) mass is 878 g/mol. The molecule has 0 saturated carbocycles. The number of rotatable bonds is 6. The number of hydrogen-bond acceptors (Lipinski definition) is 1. The second kappa shape index (κ2) is 15.2. The molecule has 0 N–H and O–H groups in total. The van der Waals surface area contributed by atoms with Crippen LogP contribution in [0, 0.1) is 0 Å². The summed E-state index contributed by atoms with van der Waals surface area (Å²) in [6.07, 6.45) is 0. The highest BCUT2D eigenvalue weighted by atomic mass is 15.1. The third-order valence-electron chi connectivity index (χ3n) is 15.1. The molecule has 69 heavy (non-hydrogen) atoms. The van der Waals surface area contributed by atoms with Gasteiger partial charge in [-0.2, -0.15) is 0 Å². The van der Waals surface area contributed by atoms with Gasteiger partial charge < -0.3 is 9.47 Å². The molecule has 0 atom stereocenters. The third-order valence-corrected chi connectivity index (χ3v) is 15.1. The molecular weight excluding hydrogens is 833 g/mol. The number of aromatic nitrogens is 1. The van der Waals surface area contributed by atoms with Gasteiger partial charge in [0.15, 0.2) is 0 Å². The lowest BCUT2D eigenvalue weighted by molar-refractivity contribution is 0.660. The van der Waals surface area contributed by atoms with Gasteiger partial charge in [0.1, 0.15) is 0 Å². The Balaban J connectivity index is 1.01. The first kappa shape index (κ1) is 39.4. The first-order valence-corrected chi connectivity index (χ1v) is 24.1. The molecule has 0 unspecified atom stereocenters. The fourth-order valence-corrected chi connectivity index (χ4v) is 12.1. The van der Waals surface area contributed by atoms with Crippen molar-refractivity contribution < 1.29 is 0 Å². The van der Waals surface area contributed by atoms with Crippen LogP contribution in [0.4, 0.5) is 17.1 Å². The van der Waals surface area contributed by atoms with Gasteiger partial charge in [-0.3, -0.25) is 0 Å². The molecular formula is C67H46N2. The number of hydrogen-bond donors (Lipinski definition) is 0. The van der Waals surface area contributed by atoms with Gasteiger partial charge in [-0.25, -0.2) is 0 Å². The summed E-state index contributed by atoms with van der Waals surface area (Å²) in [5.74, 6) is 0. The molecule has 0 spiro atoms. The zero-order valence-electron chi connectivity index (χ0n) is 38.5. The smallest absolute Gasteiger partial charge is 0.0618 e. The Morgan fingerprint density at radius 3 is 1.28 bits per heavy atom. The van der Waals surface area contributed by atoms with Crippen LogP contribution < -0.4 is 4.90 Å². The predicted molar refractivity (Wildman–Crippen MR) is 294 cm³/mol. The van der Waals surface area contributed by atoms with Crippen molar-refractivity contribution in [1.82, 2.24) is 4.57 Å². The van der Waals surface area contributed by atoms with E-state index in [1.54, 1.807) is 0 Å². The van der Waals surface area contributed by atoms with E-state index in [1.807, 2.05) is 0 Å². The second-order valence-electron chi connectivity index (χ2n) is 19.1. The highest BCUT2D eigenvalue weighted by molar-refractivity contribution is 6.30. The molecule has 13 aromatic rings. The molecule has 0 amide bonds. The van der Waals surface area contributed by atoms with Crippen molar-refractivity contribution in [3.63, 3.8) is 0 Å². The molecule has 14 rings (SSSR count). The van der Waals surface area contributed by atoms with Gasteiger partial charge in [0.2, 0.25) is 0 Å². The largest absolute Gasteiger partial charge is 0.309 e. The summed E-state index contributed by atoms with van der Waals surface area (Å²) in [5, 5.41) is 12.3. The average Bonchev–Trinajstić information content (AvgIpc) is 3.86. The van der Waals surface area contributed by atoms with Crippen molar-refractivity contribution in [2.24, 2.45) is 0 Å². The molecule has 0 radical (unpaired) electrons. The summed E-state index contributed by atoms with van der Waals surface area (Å²) in [4.78, 5) is 2.47. The van der Waals surface area contributed by atoms with Crippen LogP contribution in [0.25, 0.3) is 104 Å². The van der Waals surface area contributed by atoms with Crippen LogP contribution in [-0.4, -0.2) is 4.57 Å². The minimum absolute atomic E-state index is 0.102. The van der Waals surface area contributed by atoms with Crippen molar-refractivity contribution in [3.05, 3.63) is 254 Å². The van der Waals surface area contributed by atoms with Crippen molar-refractivity contribution in [1.29, 1.82) is 0 Å². The maximum absolute atomic E-state index is 2.48. The lowest BCUT2D eigenvalue weighted by Gasteiger charge is -2.30. The van der Waals surface area contributed by atoms with Gasteiger partial charge >= 0.3 is 0 Å². The second-order valence-corrected chi connectivity index (χ2v) is 19.1. The molecule has 2 heteroatoms. The molecule has 1 aliphatic rings. The van der Waals surface area contributed by atoms with E-state index in [0.717, 1.165) is 22.7 Å². The normalized spacial score (nSPS) is 12.9. The Bertz CT molecular complexity index is 4050.